The maximum absolute atomic E-state index is 13.7. The molecule has 3 heterocycles. The van der Waals surface area contributed by atoms with Crippen molar-refractivity contribution < 1.29 is 31.9 Å². The predicted molar refractivity (Wildman–Crippen MR) is 150 cm³/mol. The van der Waals surface area contributed by atoms with Gasteiger partial charge in [-0.1, -0.05) is 23.7 Å². The number of nitrogens with zero attached hydrogens (tertiary/aromatic N) is 4. The third-order valence-electron chi connectivity index (χ3n) is 6.77. The van der Waals surface area contributed by atoms with Gasteiger partial charge in [-0.25, -0.2) is 14.4 Å². The summed E-state index contributed by atoms with van der Waals surface area (Å²) in [5, 5.41) is 2.86. The minimum absolute atomic E-state index is 0.142. The summed E-state index contributed by atoms with van der Waals surface area (Å²) < 4.78 is 59.4. The van der Waals surface area contributed by atoms with E-state index < -0.39 is 36.0 Å². The van der Waals surface area contributed by atoms with Crippen molar-refractivity contribution >= 4 is 52.0 Å². The zero-order valence-electron chi connectivity index (χ0n) is 22.4. The van der Waals surface area contributed by atoms with Crippen molar-refractivity contribution in [1.29, 1.82) is 0 Å². The number of rotatable bonds is 6. The van der Waals surface area contributed by atoms with Gasteiger partial charge in [0.2, 0.25) is 5.95 Å². The van der Waals surface area contributed by atoms with Gasteiger partial charge in [-0.15, -0.1) is 0 Å². The van der Waals surface area contributed by atoms with Gasteiger partial charge in [-0.2, -0.15) is 13.2 Å². The molecule has 0 spiro atoms. The quantitative estimate of drug-likeness (QED) is 0.216. The van der Waals surface area contributed by atoms with Crippen molar-refractivity contribution in [2.45, 2.75) is 26.1 Å². The SMILES string of the molecule is CC(=O)OCC(=O)Nc1cnc(N2CCN(c3nc4c(-c5ccc(F)cc5)cc(C(F)(F)F)cc4[nH]3)[C@H](C)C2)c(Cl)c1. The number of nitrogens with one attached hydrogen (secondary N) is 2. The molecule has 42 heavy (non-hydrogen) atoms. The molecule has 1 amide bonds. The molecule has 14 heteroatoms. The number of fused-ring (bicyclic) bond motifs is 1. The van der Waals surface area contributed by atoms with Crippen LogP contribution in [0.25, 0.3) is 22.2 Å². The fraction of sp³-hybridized carbons (Fsp3) is 0.286. The second-order valence-electron chi connectivity index (χ2n) is 9.83. The number of anilines is 3. The number of halogens is 5. The summed E-state index contributed by atoms with van der Waals surface area (Å²) in [6.45, 7) is 4.12. The minimum atomic E-state index is -4.58. The van der Waals surface area contributed by atoms with Crippen molar-refractivity contribution in [2.24, 2.45) is 0 Å². The molecule has 0 saturated carbocycles. The normalized spacial score (nSPS) is 15.6. The topological polar surface area (TPSA) is 103 Å². The number of amides is 1. The molecule has 2 aromatic heterocycles. The molecule has 0 bridgehead atoms. The van der Waals surface area contributed by atoms with Gasteiger partial charge in [0, 0.05) is 38.2 Å². The highest BCUT2D eigenvalue weighted by Crippen LogP contribution is 2.38. The Kier molecular flexibility index (Phi) is 7.95. The Morgan fingerprint density at radius 1 is 1.17 bits per heavy atom. The second-order valence-corrected chi connectivity index (χ2v) is 10.2. The number of hydrogen-bond acceptors (Lipinski definition) is 7. The van der Waals surface area contributed by atoms with Crippen LogP contribution in [-0.2, 0) is 20.5 Å². The lowest BCUT2D eigenvalue weighted by Gasteiger charge is -2.40. The van der Waals surface area contributed by atoms with Crippen LogP contribution in [0.1, 0.15) is 19.4 Å². The first-order valence-corrected chi connectivity index (χ1v) is 13.2. The number of ether oxygens (including phenoxy) is 1. The van der Waals surface area contributed by atoms with Gasteiger partial charge >= 0.3 is 12.1 Å². The van der Waals surface area contributed by atoms with Gasteiger partial charge < -0.3 is 24.8 Å². The number of aromatic amines is 1. The number of carbonyl (C=O) groups excluding carboxylic acids is 2. The lowest BCUT2D eigenvalue weighted by Crippen LogP contribution is -2.52. The van der Waals surface area contributed by atoms with Crippen LogP contribution >= 0.6 is 11.6 Å². The summed E-state index contributed by atoms with van der Waals surface area (Å²) in [6.07, 6.45) is -3.14. The van der Waals surface area contributed by atoms with Crippen LogP contribution < -0.4 is 15.1 Å². The molecule has 0 unspecified atom stereocenters. The van der Waals surface area contributed by atoms with Crippen molar-refractivity contribution in [3.05, 3.63) is 65.1 Å². The Hall–Kier alpha value is -4.39. The number of piperazine rings is 1. The third-order valence-corrected chi connectivity index (χ3v) is 7.05. The zero-order valence-corrected chi connectivity index (χ0v) is 23.2. The highest BCUT2D eigenvalue weighted by atomic mass is 35.5. The first kappa shape index (κ1) is 29.1. The molecule has 1 fully saturated rings. The van der Waals surface area contributed by atoms with E-state index in [9.17, 15) is 27.2 Å². The van der Waals surface area contributed by atoms with Gasteiger partial charge in [0.1, 0.15) is 11.6 Å². The standard InChI is InChI=1S/C28H25ClF4N6O3/c1-15-13-38(26-22(29)11-20(12-34-26)35-24(41)14-42-16(2)40)7-8-39(15)27-36-23-10-18(28(31,32)33)9-21(25(23)37-27)17-3-5-19(30)6-4-17/h3-6,9-12,15H,7-8,13-14H2,1-2H3,(H,35,41)(H,36,37)/t15-/m1/s1. The molecule has 2 N–H and O–H groups in total. The Morgan fingerprint density at radius 2 is 1.90 bits per heavy atom. The average Bonchev–Trinajstić information content (AvgIpc) is 3.35. The Morgan fingerprint density at radius 3 is 2.55 bits per heavy atom. The van der Waals surface area contributed by atoms with Gasteiger partial charge in [0.05, 0.1) is 33.5 Å². The van der Waals surface area contributed by atoms with Crippen molar-refractivity contribution in [3.63, 3.8) is 0 Å². The third kappa shape index (κ3) is 6.25. The van der Waals surface area contributed by atoms with Crippen molar-refractivity contribution in [1.82, 2.24) is 15.0 Å². The predicted octanol–water partition coefficient (Wildman–Crippen LogP) is 5.65. The zero-order chi connectivity index (χ0) is 30.2. The molecule has 0 radical (unpaired) electrons. The Balaban J connectivity index is 1.36. The monoisotopic (exact) mass is 604 g/mol. The van der Waals surface area contributed by atoms with Crippen molar-refractivity contribution in [3.8, 4) is 11.1 Å². The molecule has 5 rings (SSSR count). The fourth-order valence-electron chi connectivity index (χ4n) is 4.81. The summed E-state index contributed by atoms with van der Waals surface area (Å²) in [6, 6.07) is 8.68. The number of hydrogen-bond donors (Lipinski definition) is 2. The van der Waals surface area contributed by atoms with E-state index in [-0.39, 0.29) is 17.1 Å². The average molecular weight is 605 g/mol. The highest BCUT2D eigenvalue weighted by molar-refractivity contribution is 6.33. The number of H-pyrrole nitrogens is 1. The highest BCUT2D eigenvalue weighted by Gasteiger charge is 2.33. The number of aromatic nitrogens is 3. The number of alkyl halides is 3. The van der Waals surface area contributed by atoms with E-state index in [4.69, 9.17) is 11.6 Å². The van der Waals surface area contributed by atoms with Crippen LogP contribution in [-0.4, -0.2) is 59.1 Å². The number of benzene rings is 2. The summed E-state index contributed by atoms with van der Waals surface area (Å²) >= 11 is 6.48. The Labute approximate surface area is 242 Å². The Bertz CT molecular complexity index is 1640. The van der Waals surface area contributed by atoms with Crippen LogP contribution in [0.5, 0.6) is 0 Å². The smallest absolute Gasteiger partial charge is 0.416 e. The fourth-order valence-corrected chi connectivity index (χ4v) is 5.10. The molecule has 1 aliphatic heterocycles. The molecule has 1 aliphatic rings. The number of carbonyl (C=O) groups is 2. The lowest BCUT2D eigenvalue weighted by atomic mass is 10.0. The molecule has 1 atom stereocenters. The van der Waals surface area contributed by atoms with E-state index >= 15 is 0 Å². The largest absolute Gasteiger partial charge is 0.456 e. The maximum Gasteiger partial charge on any atom is 0.416 e. The van der Waals surface area contributed by atoms with Gasteiger partial charge in [0.25, 0.3) is 5.91 Å². The van der Waals surface area contributed by atoms with Crippen LogP contribution in [0.4, 0.5) is 35.0 Å². The summed E-state index contributed by atoms with van der Waals surface area (Å²) in [4.78, 5) is 38.8. The van der Waals surface area contributed by atoms with E-state index in [0.29, 0.717) is 53.2 Å². The number of esters is 1. The van der Waals surface area contributed by atoms with E-state index in [1.54, 1.807) is 6.07 Å². The first-order valence-electron chi connectivity index (χ1n) is 12.9. The van der Waals surface area contributed by atoms with E-state index in [2.05, 4.69) is 25.0 Å². The molecule has 2 aromatic carbocycles. The molecule has 9 nitrogen and oxygen atoms in total. The molecular weight excluding hydrogens is 580 g/mol. The minimum Gasteiger partial charge on any atom is -0.456 e. The van der Waals surface area contributed by atoms with Crippen LogP contribution in [0.15, 0.2) is 48.7 Å². The maximum atomic E-state index is 13.7. The van der Waals surface area contributed by atoms with Crippen LogP contribution in [0, 0.1) is 5.82 Å². The number of pyridine rings is 1. The lowest BCUT2D eigenvalue weighted by molar-refractivity contribution is -0.145. The van der Waals surface area contributed by atoms with E-state index in [1.165, 1.54) is 37.4 Å². The first-order chi connectivity index (χ1) is 19.9. The van der Waals surface area contributed by atoms with E-state index in [0.717, 1.165) is 12.1 Å². The van der Waals surface area contributed by atoms with Crippen molar-refractivity contribution in [2.75, 3.05) is 41.4 Å². The molecule has 0 aliphatic carbocycles. The number of imidazole rings is 1. The molecular formula is C28H25ClF4N6O3. The second kappa shape index (κ2) is 11.5. The summed E-state index contributed by atoms with van der Waals surface area (Å²) in [5.41, 5.74) is 0.707. The molecule has 1 saturated heterocycles. The molecule has 220 valence electrons. The van der Waals surface area contributed by atoms with Gasteiger partial charge in [-0.3, -0.25) is 9.59 Å². The van der Waals surface area contributed by atoms with Gasteiger partial charge in [-0.05, 0) is 42.8 Å². The summed E-state index contributed by atoms with van der Waals surface area (Å²) in [5.74, 6) is -0.700. The van der Waals surface area contributed by atoms with Crippen LogP contribution in [0.3, 0.4) is 0 Å². The van der Waals surface area contributed by atoms with E-state index in [1.807, 2.05) is 16.7 Å². The molecule has 4 aromatic rings. The summed E-state index contributed by atoms with van der Waals surface area (Å²) in [7, 11) is 0. The van der Waals surface area contributed by atoms with Crippen LogP contribution in [0.2, 0.25) is 5.02 Å². The van der Waals surface area contributed by atoms with Gasteiger partial charge in [0.15, 0.2) is 6.61 Å².